The van der Waals surface area contributed by atoms with Gasteiger partial charge in [0.05, 0.1) is 21.5 Å². The van der Waals surface area contributed by atoms with Crippen LogP contribution in [0.4, 0.5) is 5.69 Å². The predicted octanol–water partition coefficient (Wildman–Crippen LogP) is 2.82. The number of hydrogen-bond donors (Lipinski definition) is 0. The Kier molecular flexibility index (Phi) is 4.79. The molecule has 0 aliphatic heterocycles. The van der Waals surface area contributed by atoms with Crippen LogP contribution in [0.3, 0.4) is 0 Å². The largest absolute Gasteiger partial charge is 0.454 e. The highest BCUT2D eigenvalue weighted by Gasteiger charge is 2.22. The van der Waals surface area contributed by atoms with E-state index in [1.54, 1.807) is 24.3 Å². The highest BCUT2D eigenvalue weighted by molar-refractivity contribution is 7.07. The van der Waals surface area contributed by atoms with Crippen molar-refractivity contribution in [3.63, 3.8) is 0 Å². The van der Waals surface area contributed by atoms with Gasteiger partial charge in [0.1, 0.15) is 16.9 Å². The number of carbonyl (C=O) groups is 2. The second kappa shape index (κ2) is 7.56. The van der Waals surface area contributed by atoms with Gasteiger partial charge in [-0.2, -0.15) is 0 Å². The highest BCUT2D eigenvalue weighted by Crippen LogP contribution is 2.27. The van der Waals surface area contributed by atoms with E-state index in [1.807, 2.05) is 0 Å². The number of hydrogen-bond acceptors (Lipinski definition) is 9. The smallest absolute Gasteiger partial charge is 0.338 e. The summed E-state index contributed by atoms with van der Waals surface area (Å²) in [5, 5.41) is 21.1. The van der Waals surface area contributed by atoms with Crippen LogP contribution in [-0.2, 0) is 4.74 Å². The number of rotatable bonds is 6. The maximum Gasteiger partial charge on any atom is 0.338 e. The maximum atomic E-state index is 12.3. The van der Waals surface area contributed by atoms with Crippen molar-refractivity contribution in [3.05, 3.63) is 74.7 Å². The number of thiazole rings is 1. The van der Waals surface area contributed by atoms with Crippen molar-refractivity contribution >= 4 is 39.8 Å². The van der Waals surface area contributed by atoms with Gasteiger partial charge in [0.15, 0.2) is 6.61 Å². The van der Waals surface area contributed by atoms with Crippen LogP contribution in [0.2, 0.25) is 0 Å². The molecular formula is C18H11N5O5S. The Morgan fingerprint density at radius 2 is 2.03 bits per heavy atom. The Balaban J connectivity index is 1.61. The van der Waals surface area contributed by atoms with Crippen LogP contribution in [0.1, 0.15) is 20.8 Å². The Bertz CT molecular complexity index is 1230. The van der Waals surface area contributed by atoms with E-state index in [0.29, 0.717) is 11.0 Å². The monoisotopic (exact) mass is 409 g/mol. The van der Waals surface area contributed by atoms with Crippen LogP contribution in [0.15, 0.2) is 53.4 Å². The van der Waals surface area contributed by atoms with Crippen LogP contribution < -0.4 is 0 Å². The zero-order valence-corrected chi connectivity index (χ0v) is 15.4. The quantitative estimate of drug-likeness (QED) is 0.206. The van der Waals surface area contributed by atoms with Gasteiger partial charge in [-0.05, 0) is 24.3 Å². The molecule has 11 heteroatoms. The first-order valence-corrected chi connectivity index (χ1v) is 9.16. The summed E-state index contributed by atoms with van der Waals surface area (Å²) in [5.41, 5.74) is 2.59. The molecule has 0 radical (unpaired) electrons. The minimum absolute atomic E-state index is 0.0593. The minimum Gasteiger partial charge on any atom is -0.454 e. The van der Waals surface area contributed by atoms with Gasteiger partial charge in [-0.1, -0.05) is 17.3 Å². The number of ketones is 1. The van der Waals surface area contributed by atoms with Crippen molar-refractivity contribution in [1.29, 1.82) is 0 Å². The molecule has 144 valence electrons. The van der Waals surface area contributed by atoms with Crippen LogP contribution >= 0.6 is 11.3 Å². The standard InChI is InChI=1S/C18H11N5O5S/c24-17(13-9-29-10-19-13)8-28-18(25)11-5-6-15(16(7-11)23(26)27)22-14-4-2-1-3-12(14)20-21-22/h1-7,9-10H,8H2. The molecule has 0 amide bonds. The topological polar surface area (TPSA) is 130 Å². The van der Waals surface area contributed by atoms with E-state index >= 15 is 0 Å². The van der Waals surface area contributed by atoms with Gasteiger partial charge in [0.2, 0.25) is 5.78 Å². The molecule has 0 spiro atoms. The Hall–Kier alpha value is -3.99. The number of fused-ring (bicyclic) bond motifs is 1. The lowest BCUT2D eigenvalue weighted by Gasteiger charge is -2.07. The van der Waals surface area contributed by atoms with E-state index in [1.165, 1.54) is 39.0 Å². The Morgan fingerprint density at radius 1 is 1.21 bits per heavy atom. The normalized spacial score (nSPS) is 10.8. The van der Waals surface area contributed by atoms with Gasteiger partial charge in [0, 0.05) is 11.4 Å². The third-order valence-corrected chi connectivity index (χ3v) is 4.63. The third kappa shape index (κ3) is 3.58. The van der Waals surface area contributed by atoms with Gasteiger partial charge in [-0.15, -0.1) is 16.4 Å². The molecular weight excluding hydrogens is 398 g/mol. The summed E-state index contributed by atoms with van der Waals surface area (Å²) in [7, 11) is 0. The number of para-hydroxylation sites is 1. The Labute approximate surface area is 166 Å². The number of aromatic nitrogens is 4. The third-order valence-electron chi connectivity index (χ3n) is 4.04. The van der Waals surface area contributed by atoms with E-state index in [2.05, 4.69) is 15.3 Å². The van der Waals surface area contributed by atoms with Gasteiger partial charge in [-0.3, -0.25) is 14.9 Å². The van der Waals surface area contributed by atoms with Crippen molar-refractivity contribution in [3.8, 4) is 5.69 Å². The molecule has 0 atom stereocenters. The first-order valence-electron chi connectivity index (χ1n) is 8.22. The molecule has 2 heterocycles. The van der Waals surface area contributed by atoms with Gasteiger partial charge in [-0.25, -0.2) is 14.5 Å². The molecule has 0 saturated heterocycles. The fourth-order valence-corrected chi connectivity index (χ4v) is 3.22. The zero-order valence-electron chi connectivity index (χ0n) is 14.6. The number of carbonyl (C=O) groups excluding carboxylic acids is 2. The Morgan fingerprint density at radius 3 is 2.79 bits per heavy atom. The van der Waals surface area contributed by atoms with Gasteiger partial charge in [0.25, 0.3) is 5.69 Å². The molecule has 0 aliphatic carbocycles. The van der Waals surface area contributed by atoms with Crippen molar-refractivity contribution < 1.29 is 19.2 Å². The number of nitrogens with zero attached hydrogens (tertiary/aromatic N) is 5. The second-order valence-corrected chi connectivity index (χ2v) is 6.54. The number of ether oxygens (including phenoxy) is 1. The number of nitro benzene ring substituents is 1. The van der Waals surface area contributed by atoms with Crippen LogP contribution in [0.5, 0.6) is 0 Å². The summed E-state index contributed by atoms with van der Waals surface area (Å²) in [4.78, 5) is 38.9. The van der Waals surface area contributed by atoms with Gasteiger partial charge >= 0.3 is 5.97 Å². The minimum atomic E-state index is -0.855. The SMILES string of the molecule is O=C(OCC(=O)c1cscn1)c1ccc(-n2nnc3ccccc32)c([N+](=O)[O-])c1. The van der Waals surface area contributed by atoms with Crippen LogP contribution in [0, 0.1) is 10.1 Å². The summed E-state index contributed by atoms with van der Waals surface area (Å²) in [5.74, 6) is -1.31. The molecule has 0 unspecified atom stereocenters. The molecule has 2 aromatic heterocycles. The summed E-state index contributed by atoms with van der Waals surface area (Å²) in [6, 6.07) is 10.8. The number of nitro groups is 1. The van der Waals surface area contributed by atoms with E-state index in [0.717, 1.165) is 6.07 Å². The molecule has 29 heavy (non-hydrogen) atoms. The lowest BCUT2D eigenvalue weighted by Crippen LogP contribution is -2.15. The van der Waals surface area contributed by atoms with Crippen molar-refractivity contribution in [1.82, 2.24) is 20.0 Å². The fraction of sp³-hybridized carbons (Fsp3) is 0.0556. The number of esters is 1. The fourth-order valence-electron chi connectivity index (χ4n) is 2.66. The molecule has 0 N–H and O–H groups in total. The summed E-state index contributed by atoms with van der Waals surface area (Å²) < 4.78 is 6.30. The molecule has 0 aliphatic rings. The molecule has 0 bridgehead atoms. The lowest BCUT2D eigenvalue weighted by molar-refractivity contribution is -0.384. The summed E-state index contributed by atoms with van der Waals surface area (Å²) in [6.45, 7) is -0.508. The molecule has 10 nitrogen and oxygen atoms in total. The van der Waals surface area contributed by atoms with Crippen LogP contribution in [0.25, 0.3) is 16.7 Å². The molecule has 4 rings (SSSR count). The average Bonchev–Trinajstić information content (AvgIpc) is 3.41. The van der Waals surface area contributed by atoms with E-state index in [9.17, 15) is 19.7 Å². The zero-order chi connectivity index (χ0) is 20.4. The highest BCUT2D eigenvalue weighted by atomic mass is 32.1. The summed E-state index contributed by atoms with van der Waals surface area (Å²) in [6.07, 6.45) is 0. The van der Waals surface area contributed by atoms with E-state index < -0.39 is 23.3 Å². The van der Waals surface area contributed by atoms with Gasteiger partial charge < -0.3 is 4.74 Å². The number of Topliss-reactive ketones (excluding diaryl/α,β-unsaturated/α-hetero) is 1. The maximum absolute atomic E-state index is 12.3. The first-order chi connectivity index (χ1) is 14.0. The van der Waals surface area contributed by atoms with E-state index in [4.69, 9.17) is 4.74 Å². The number of benzene rings is 2. The van der Waals surface area contributed by atoms with E-state index in [-0.39, 0.29) is 22.6 Å². The second-order valence-electron chi connectivity index (χ2n) is 5.82. The van der Waals surface area contributed by atoms with Crippen molar-refractivity contribution in [2.45, 2.75) is 0 Å². The molecule has 0 saturated carbocycles. The molecule has 0 fully saturated rings. The molecule has 2 aromatic carbocycles. The van der Waals surface area contributed by atoms with Crippen molar-refractivity contribution in [2.24, 2.45) is 0 Å². The first kappa shape index (κ1) is 18.4. The predicted molar refractivity (Wildman–Crippen MR) is 102 cm³/mol. The molecule has 4 aromatic rings. The van der Waals surface area contributed by atoms with Crippen molar-refractivity contribution in [2.75, 3.05) is 6.61 Å². The van der Waals surface area contributed by atoms with Crippen LogP contribution in [-0.4, -0.2) is 43.3 Å². The average molecular weight is 409 g/mol. The lowest BCUT2D eigenvalue weighted by atomic mass is 10.1. The summed E-state index contributed by atoms with van der Waals surface area (Å²) >= 11 is 1.24.